The quantitative estimate of drug-likeness (QED) is 0.864. The maximum absolute atomic E-state index is 12.1. The summed E-state index contributed by atoms with van der Waals surface area (Å²) in [6, 6.07) is 14.2. The molecule has 0 radical (unpaired) electrons. The van der Waals surface area contributed by atoms with Crippen molar-refractivity contribution in [2.75, 3.05) is 4.90 Å². The normalized spacial score (nSPS) is 21.8. The number of halogens is 2. The molecule has 1 aliphatic heterocycles. The third kappa shape index (κ3) is 2.08. The number of anilines is 1. The number of hydrogen-bond donors (Lipinski definition) is 1. The molecule has 0 bridgehead atoms. The molecule has 1 aliphatic rings. The second kappa shape index (κ2) is 5.09. The Morgan fingerprint density at radius 1 is 1.00 bits per heavy atom. The zero-order chi connectivity index (χ0) is 14.3. The van der Waals surface area contributed by atoms with Crippen molar-refractivity contribution in [2.24, 2.45) is 5.73 Å². The topological polar surface area (TPSA) is 46.3 Å². The van der Waals surface area contributed by atoms with Gasteiger partial charge in [0.05, 0.1) is 16.1 Å². The molecule has 3 nitrogen and oxygen atoms in total. The maximum Gasteiger partial charge on any atom is 0.247 e. The minimum Gasteiger partial charge on any atom is -0.318 e. The monoisotopic (exact) mass is 306 g/mol. The van der Waals surface area contributed by atoms with Crippen LogP contribution in [-0.2, 0) is 4.79 Å². The Morgan fingerprint density at radius 3 is 2.35 bits per heavy atom. The molecule has 0 unspecified atom stereocenters. The first-order valence-electron chi connectivity index (χ1n) is 6.18. The standard InChI is InChI=1S/C15H12Cl2N2O/c16-11-7-6-10(8-12(11)17)19-14(13(18)15(19)20)9-4-2-1-3-5-9/h1-8,13-14H,18H2/t13-,14+/m0/s1. The SMILES string of the molecule is N[C@@H]1C(=O)N(c2ccc(Cl)c(Cl)c2)[C@@H]1c1ccccc1. The van der Waals surface area contributed by atoms with Crippen molar-refractivity contribution in [1.82, 2.24) is 0 Å². The molecule has 2 N–H and O–H groups in total. The lowest BCUT2D eigenvalue weighted by molar-refractivity contribution is -0.126. The molecule has 2 atom stereocenters. The number of β-lactam (4-membered cyclic amide) rings is 1. The van der Waals surface area contributed by atoms with Gasteiger partial charge in [0.2, 0.25) is 5.91 Å². The second-order valence-corrected chi connectivity index (χ2v) is 5.50. The van der Waals surface area contributed by atoms with Gasteiger partial charge in [0.25, 0.3) is 0 Å². The van der Waals surface area contributed by atoms with E-state index >= 15 is 0 Å². The van der Waals surface area contributed by atoms with Crippen molar-refractivity contribution in [1.29, 1.82) is 0 Å². The van der Waals surface area contributed by atoms with Crippen molar-refractivity contribution in [3.05, 3.63) is 64.1 Å². The fourth-order valence-electron chi connectivity index (χ4n) is 2.44. The van der Waals surface area contributed by atoms with Crippen molar-refractivity contribution >= 4 is 34.8 Å². The average molecular weight is 307 g/mol. The van der Waals surface area contributed by atoms with Crippen LogP contribution in [0.1, 0.15) is 11.6 Å². The van der Waals surface area contributed by atoms with Crippen molar-refractivity contribution in [3.63, 3.8) is 0 Å². The zero-order valence-corrected chi connectivity index (χ0v) is 12.0. The maximum atomic E-state index is 12.1. The number of rotatable bonds is 2. The van der Waals surface area contributed by atoms with Gasteiger partial charge in [-0.1, -0.05) is 53.5 Å². The predicted molar refractivity (Wildman–Crippen MR) is 81.1 cm³/mol. The van der Waals surface area contributed by atoms with Gasteiger partial charge in [0.1, 0.15) is 6.04 Å². The molecule has 0 spiro atoms. The third-order valence-corrected chi connectivity index (χ3v) is 4.20. The van der Waals surface area contributed by atoms with Gasteiger partial charge in [-0.25, -0.2) is 0 Å². The molecule has 0 aromatic heterocycles. The van der Waals surface area contributed by atoms with Crippen LogP contribution in [0.25, 0.3) is 0 Å². The van der Waals surface area contributed by atoms with Gasteiger partial charge in [-0.05, 0) is 23.8 Å². The summed E-state index contributed by atoms with van der Waals surface area (Å²) in [5.74, 6) is -0.114. The number of hydrogen-bond acceptors (Lipinski definition) is 2. The highest BCUT2D eigenvalue weighted by molar-refractivity contribution is 6.42. The van der Waals surface area contributed by atoms with E-state index in [1.54, 1.807) is 23.1 Å². The molecule has 1 fully saturated rings. The first-order chi connectivity index (χ1) is 9.59. The first-order valence-corrected chi connectivity index (χ1v) is 6.94. The van der Waals surface area contributed by atoms with Crippen LogP contribution in [0.15, 0.2) is 48.5 Å². The molecule has 20 heavy (non-hydrogen) atoms. The predicted octanol–water partition coefficient (Wildman–Crippen LogP) is 3.41. The Bertz CT molecular complexity index is 660. The minimum atomic E-state index is -0.521. The van der Waals surface area contributed by atoms with E-state index in [9.17, 15) is 4.79 Å². The highest BCUT2D eigenvalue weighted by atomic mass is 35.5. The summed E-state index contributed by atoms with van der Waals surface area (Å²) in [5.41, 5.74) is 7.66. The number of amides is 1. The number of carbonyl (C=O) groups is 1. The summed E-state index contributed by atoms with van der Waals surface area (Å²) in [7, 11) is 0. The van der Waals surface area contributed by atoms with E-state index in [0.29, 0.717) is 15.7 Å². The molecule has 2 aromatic carbocycles. The number of nitrogens with zero attached hydrogens (tertiary/aromatic N) is 1. The Balaban J connectivity index is 1.99. The van der Waals surface area contributed by atoms with Gasteiger partial charge in [-0.3, -0.25) is 4.79 Å². The molecule has 1 heterocycles. The van der Waals surface area contributed by atoms with Gasteiger partial charge in [-0.15, -0.1) is 0 Å². The Hall–Kier alpha value is -1.55. The smallest absolute Gasteiger partial charge is 0.247 e. The van der Waals surface area contributed by atoms with Crippen molar-refractivity contribution < 1.29 is 4.79 Å². The zero-order valence-electron chi connectivity index (χ0n) is 10.5. The van der Waals surface area contributed by atoms with E-state index in [4.69, 9.17) is 28.9 Å². The molecular formula is C15H12Cl2N2O. The molecule has 2 aromatic rings. The van der Waals surface area contributed by atoms with E-state index in [1.165, 1.54) is 0 Å². The summed E-state index contributed by atoms with van der Waals surface area (Å²) < 4.78 is 0. The minimum absolute atomic E-state index is 0.114. The lowest BCUT2D eigenvalue weighted by Crippen LogP contribution is -2.63. The number of carbonyl (C=O) groups excluding carboxylic acids is 1. The van der Waals surface area contributed by atoms with Crippen LogP contribution in [-0.4, -0.2) is 11.9 Å². The highest BCUT2D eigenvalue weighted by Crippen LogP contribution is 2.39. The fourth-order valence-corrected chi connectivity index (χ4v) is 2.73. The van der Waals surface area contributed by atoms with Crippen LogP contribution in [0.2, 0.25) is 10.0 Å². The Kier molecular flexibility index (Phi) is 3.42. The van der Waals surface area contributed by atoms with Crippen molar-refractivity contribution in [2.45, 2.75) is 12.1 Å². The molecule has 1 saturated heterocycles. The van der Waals surface area contributed by atoms with Crippen LogP contribution in [0.5, 0.6) is 0 Å². The van der Waals surface area contributed by atoms with Crippen LogP contribution >= 0.6 is 23.2 Å². The third-order valence-electron chi connectivity index (χ3n) is 3.46. The van der Waals surface area contributed by atoms with Gasteiger partial charge < -0.3 is 10.6 Å². The molecule has 5 heteroatoms. The van der Waals surface area contributed by atoms with E-state index in [-0.39, 0.29) is 11.9 Å². The van der Waals surface area contributed by atoms with Gasteiger partial charge in [0, 0.05) is 5.69 Å². The first kappa shape index (κ1) is 13.4. The second-order valence-electron chi connectivity index (χ2n) is 4.69. The molecule has 0 aliphatic carbocycles. The van der Waals surface area contributed by atoms with E-state index in [2.05, 4.69) is 0 Å². The lowest BCUT2D eigenvalue weighted by Gasteiger charge is -2.45. The number of nitrogens with two attached hydrogens (primary N) is 1. The molecular weight excluding hydrogens is 295 g/mol. The van der Waals surface area contributed by atoms with Gasteiger partial charge in [0.15, 0.2) is 0 Å². The van der Waals surface area contributed by atoms with Gasteiger partial charge in [-0.2, -0.15) is 0 Å². The summed E-state index contributed by atoms with van der Waals surface area (Å²) >= 11 is 11.9. The largest absolute Gasteiger partial charge is 0.318 e. The molecule has 102 valence electrons. The average Bonchev–Trinajstić information content (AvgIpc) is 2.47. The lowest BCUT2D eigenvalue weighted by atomic mass is 9.88. The Morgan fingerprint density at radius 2 is 1.70 bits per heavy atom. The molecule has 3 rings (SSSR count). The Labute approximate surface area is 126 Å². The molecule has 0 saturated carbocycles. The van der Waals surface area contributed by atoms with Crippen LogP contribution in [0.4, 0.5) is 5.69 Å². The fraction of sp³-hybridized carbons (Fsp3) is 0.133. The van der Waals surface area contributed by atoms with Crippen LogP contribution in [0.3, 0.4) is 0 Å². The van der Waals surface area contributed by atoms with Gasteiger partial charge >= 0.3 is 0 Å². The van der Waals surface area contributed by atoms with E-state index in [1.807, 2.05) is 30.3 Å². The number of benzene rings is 2. The van der Waals surface area contributed by atoms with Crippen LogP contribution < -0.4 is 10.6 Å². The molecule has 1 amide bonds. The van der Waals surface area contributed by atoms with E-state index in [0.717, 1.165) is 5.56 Å². The highest BCUT2D eigenvalue weighted by Gasteiger charge is 2.46. The van der Waals surface area contributed by atoms with Crippen LogP contribution in [0, 0.1) is 0 Å². The van der Waals surface area contributed by atoms with Crippen molar-refractivity contribution in [3.8, 4) is 0 Å². The summed E-state index contributed by atoms with van der Waals surface area (Å²) in [5, 5.41) is 0.883. The summed E-state index contributed by atoms with van der Waals surface area (Å²) in [6.07, 6.45) is 0. The summed E-state index contributed by atoms with van der Waals surface area (Å²) in [6.45, 7) is 0. The summed E-state index contributed by atoms with van der Waals surface area (Å²) in [4.78, 5) is 13.7. The van der Waals surface area contributed by atoms with E-state index < -0.39 is 6.04 Å².